The molecule has 9 heteroatoms. The van der Waals surface area contributed by atoms with E-state index in [4.69, 9.17) is 0 Å². The van der Waals surface area contributed by atoms with Gasteiger partial charge in [0.1, 0.15) is 11.6 Å². The minimum absolute atomic E-state index is 0.123. The lowest BCUT2D eigenvalue weighted by molar-refractivity contribution is -0.119. The summed E-state index contributed by atoms with van der Waals surface area (Å²) in [5.74, 6) is -1.85. The van der Waals surface area contributed by atoms with Crippen LogP contribution in [0.15, 0.2) is 47.8 Å². The first-order valence-corrected chi connectivity index (χ1v) is 11.1. The van der Waals surface area contributed by atoms with E-state index in [1.165, 1.54) is 30.8 Å². The second-order valence-electron chi connectivity index (χ2n) is 7.45. The Labute approximate surface area is 187 Å². The van der Waals surface area contributed by atoms with Gasteiger partial charge in [-0.15, -0.1) is 0 Å². The highest BCUT2D eigenvalue weighted by Gasteiger charge is 2.24. The first kappa shape index (κ1) is 21.9. The van der Waals surface area contributed by atoms with Crippen LogP contribution in [-0.2, 0) is 17.8 Å². The first-order chi connectivity index (χ1) is 15.3. The average Bonchev–Trinajstić information content (AvgIpc) is 3.12. The van der Waals surface area contributed by atoms with Gasteiger partial charge in [0.05, 0.1) is 11.7 Å². The molecule has 1 aliphatic rings. The average molecular weight is 455 g/mol. The summed E-state index contributed by atoms with van der Waals surface area (Å²) in [6.07, 6.45) is 3.59. The molecule has 0 saturated carbocycles. The van der Waals surface area contributed by atoms with Crippen LogP contribution in [0.3, 0.4) is 0 Å². The molecule has 4 rings (SSSR count). The minimum Gasteiger partial charge on any atom is -0.348 e. The molecular weight excluding hydrogens is 434 g/mol. The number of halogens is 2. The highest BCUT2D eigenvalue weighted by Crippen LogP contribution is 2.32. The molecular formula is C23H20F2N4O2S. The van der Waals surface area contributed by atoms with Crippen LogP contribution in [0.1, 0.15) is 40.1 Å². The Bertz CT molecular complexity index is 1200. The Hall–Kier alpha value is -3.33. The van der Waals surface area contributed by atoms with E-state index in [1.54, 1.807) is 12.3 Å². The molecule has 3 aromatic rings. The molecule has 1 atom stereocenters. The molecule has 2 heterocycles. The molecule has 0 saturated heterocycles. The fraction of sp³-hybridized carbons (Fsp3) is 0.217. The molecule has 0 radical (unpaired) electrons. The van der Waals surface area contributed by atoms with Crippen molar-refractivity contribution in [1.82, 2.24) is 20.6 Å². The van der Waals surface area contributed by atoms with Gasteiger partial charge in [-0.3, -0.25) is 9.59 Å². The monoisotopic (exact) mass is 454 g/mol. The maximum Gasteiger partial charge on any atom is 0.251 e. The fourth-order valence-corrected chi connectivity index (χ4v) is 4.12. The maximum atomic E-state index is 13.8. The van der Waals surface area contributed by atoms with Gasteiger partial charge in [0, 0.05) is 36.9 Å². The number of benzene rings is 2. The molecule has 0 spiro atoms. The summed E-state index contributed by atoms with van der Waals surface area (Å²) in [7, 11) is 0. The predicted octanol–water partition coefficient (Wildman–Crippen LogP) is 3.81. The number of hydrogen-bond donors (Lipinski definition) is 2. The Kier molecular flexibility index (Phi) is 6.18. The number of thioether (sulfide) groups is 1. The molecule has 1 aromatic heterocycles. The molecule has 1 aliphatic heterocycles. The van der Waals surface area contributed by atoms with E-state index in [0.29, 0.717) is 39.6 Å². The third kappa shape index (κ3) is 4.62. The van der Waals surface area contributed by atoms with E-state index in [9.17, 15) is 18.4 Å². The van der Waals surface area contributed by atoms with Crippen LogP contribution < -0.4 is 10.6 Å². The van der Waals surface area contributed by atoms with Gasteiger partial charge < -0.3 is 10.6 Å². The molecule has 32 heavy (non-hydrogen) atoms. The number of carbonyl (C=O) groups excluding carboxylic acids is 2. The zero-order valence-corrected chi connectivity index (χ0v) is 18.2. The molecule has 2 N–H and O–H groups in total. The smallest absolute Gasteiger partial charge is 0.251 e. The van der Waals surface area contributed by atoms with Gasteiger partial charge in [0.2, 0.25) is 5.91 Å². The lowest BCUT2D eigenvalue weighted by Crippen LogP contribution is -2.29. The highest BCUT2D eigenvalue weighted by atomic mass is 32.2. The molecule has 0 fully saturated rings. The number of hydrogen-bond acceptors (Lipinski definition) is 5. The number of amides is 2. The molecule has 2 amide bonds. The van der Waals surface area contributed by atoms with Gasteiger partial charge in [-0.25, -0.2) is 18.7 Å². The highest BCUT2D eigenvalue weighted by molar-refractivity contribution is 7.98. The molecule has 6 nitrogen and oxygen atoms in total. The quantitative estimate of drug-likeness (QED) is 0.437. The second-order valence-corrected chi connectivity index (χ2v) is 8.22. The largest absolute Gasteiger partial charge is 0.348 e. The van der Waals surface area contributed by atoms with Crippen molar-refractivity contribution in [2.45, 2.75) is 31.1 Å². The van der Waals surface area contributed by atoms with Crippen LogP contribution in [0.2, 0.25) is 0 Å². The van der Waals surface area contributed by atoms with Crippen molar-refractivity contribution in [3.8, 4) is 11.1 Å². The standard InChI is InChI=1S/C23H20F2N4O2S/c1-12(30)28-20(7-13-5-16(24)9-17(25)6-13)21-19(11-27-23(29-21)32-2)14-3-4-15-10-26-22(31)18(15)8-14/h3-6,8-9,11,20H,7,10H2,1-2H3,(H,26,31)(H,28,30)/t20-/m0/s1. The Balaban J connectivity index is 1.82. The Morgan fingerprint density at radius 3 is 2.62 bits per heavy atom. The minimum atomic E-state index is -0.695. The summed E-state index contributed by atoms with van der Waals surface area (Å²) < 4.78 is 27.6. The fourth-order valence-electron chi connectivity index (χ4n) is 3.77. The van der Waals surface area contributed by atoms with Crippen LogP contribution >= 0.6 is 11.8 Å². The molecule has 0 aliphatic carbocycles. The van der Waals surface area contributed by atoms with Gasteiger partial charge in [0.25, 0.3) is 5.91 Å². The van der Waals surface area contributed by atoms with E-state index in [-0.39, 0.29) is 18.2 Å². The molecule has 0 unspecified atom stereocenters. The Morgan fingerprint density at radius 1 is 1.19 bits per heavy atom. The van der Waals surface area contributed by atoms with Gasteiger partial charge in [0.15, 0.2) is 5.16 Å². The lowest BCUT2D eigenvalue weighted by Gasteiger charge is -2.21. The van der Waals surface area contributed by atoms with Gasteiger partial charge in [-0.1, -0.05) is 23.9 Å². The summed E-state index contributed by atoms with van der Waals surface area (Å²) in [6, 6.07) is 8.10. The summed E-state index contributed by atoms with van der Waals surface area (Å²) in [4.78, 5) is 33.1. The topological polar surface area (TPSA) is 84.0 Å². The number of rotatable bonds is 6. The number of fused-ring (bicyclic) bond motifs is 1. The van der Waals surface area contributed by atoms with Crippen molar-refractivity contribution in [2.75, 3.05) is 6.26 Å². The summed E-state index contributed by atoms with van der Waals surface area (Å²) >= 11 is 1.34. The van der Waals surface area contributed by atoms with Crippen molar-refractivity contribution in [3.05, 3.63) is 76.6 Å². The van der Waals surface area contributed by atoms with E-state index in [0.717, 1.165) is 11.6 Å². The van der Waals surface area contributed by atoms with Crippen LogP contribution in [0.25, 0.3) is 11.1 Å². The van der Waals surface area contributed by atoms with Gasteiger partial charge in [-0.05, 0) is 47.6 Å². The summed E-state index contributed by atoms with van der Waals surface area (Å²) in [5.41, 5.74) is 3.69. The van der Waals surface area contributed by atoms with E-state index in [1.807, 2.05) is 18.4 Å². The number of carbonyl (C=O) groups is 2. The predicted molar refractivity (Wildman–Crippen MR) is 117 cm³/mol. The van der Waals surface area contributed by atoms with Crippen LogP contribution in [0.5, 0.6) is 0 Å². The maximum absolute atomic E-state index is 13.8. The number of aromatic nitrogens is 2. The van der Waals surface area contributed by atoms with Crippen molar-refractivity contribution in [3.63, 3.8) is 0 Å². The molecule has 164 valence electrons. The third-order valence-corrected chi connectivity index (χ3v) is 5.72. The van der Waals surface area contributed by atoms with E-state index in [2.05, 4.69) is 20.6 Å². The van der Waals surface area contributed by atoms with Gasteiger partial charge in [-0.2, -0.15) is 0 Å². The summed E-state index contributed by atoms with van der Waals surface area (Å²) in [5, 5.41) is 6.12. The first-order valence-electron chi connectivity index (χ1n) is 9.88. The van der Waals surface area contributed by atoms with Crippen molar-refractivity contribution in [1.29, 1.82) is 0 Å². The third-order valence-electron chi connectivity index (χ3n) is 5.15. The Morgan fingerprint density at radius 2 is 1.94 bits per heavy atom. The van der Waals surface area contributed by atoms with Crippen molar-refractivity contribution in [2.24, 2.45) is 0 Å². The SMILES string of the molecule is CSc1ncc(-c2ccc3c(c2)C(=O)NC3)c([C@H](Cc2cc(F)cc(F)c2)NC(C)=O)n1. The van der Waals surface area contributed by atoms with Gasteiger partial charge >= 0.3 is 0 Å². The molecule has 0 bridgehead atoms. The lowest BCUT2D eigenvalue weighted by atomic mass is 9.94. The van der Waals surface area contributed by atoms with Crippen molar-refractivity contribution < 1.29 is 18.4 Å². The van der Waals surface area contributed by atoms with Crippen LogP contribution in [0.4, 0.5) is 8.78 Å². The van der Waals surface area contributed by atoms with Crippen molar-refractivity contribution >= 4 is 23.6 Å². The van der Waals surface area contributed by atoms with E-state index < -0.39 is 17.7 Å². The van der Waals surface area contributed by atoms with E-state index >= 15 is 0 Å². The summed E-state index contributed by atoms with van der Waals surface area (Å²) in [6.45, 7) is 1.85. The zero-order chi connectivity index (χ0) is 22.8. The zero-order valence-electron chi connectivity index (χ0n) is 17.4. The van der Waals surface area contributed by atoms with Crippen LogP contribution in [0, 0.1) is 11.6 Å². The van der Waals surface area contributed by atoms with Crippen LogP contribution in [-0.4, -0.2) is 28.0 Å². The second kappa shape index (κ2) is 9.04. The number of nitrogens with one attached hydrogen (secondary N) is 2. The molecule has 2 aromatic carbocycles. The number of nitrogens with zero attached hydrogens (tertiary/aromatic N) is 2. The normalized spacial score (nSPS) is 13.4.